The largest absolute Gasteiger partial charge is 0.383 e. The summed E-state index contributed by atoms with van der Waals surface area (Å²) in [5.74, 6) is -0.300. The number of methoxy groups -OCH3 is 1. The summed E-state index contributed by atoms with van der Waals surface area (Å²) in [5, 5.41) is 5.68. The van der Waals surface area contributed by atoms with Gasteiger partial charge >= 0.3 is 0 Å². The summed E-state index contributed by atoms with van der Waals surface area (Å²) in [5.41, 5.74) is 1.45. The van der Waals surface area contributed by atoms with Gasteiger partial charge in [0.15, 0.2) is 0 Å². The molecule has 0 aromatic heterocycles. The van der Waals surface area contributed by atoms with Gasteiger partial charge in [-0.25, -0.2) is 4.39 Å². The third kappa shape index (κ3) is 7.62. The van der Waals surface area contributed by atoms with E-state index in [1.165, 1.54) is 6.07 Å². The molecule has 1 aromatic rings. The summed E-state index contributed by atoms with van der Waals surface area (Å²) >= 11 is 0. The molecule has 0 atom stereocenters. The lowest BCUT2D eigenvalue weighted by atomic mass is 10.1. The molecule has 1 saturated heterocycles. The third-order valence-electron chi connectivity index (χ3n) is 4.54. The lowest BCUT2D eigenvalue weighted by Gasteiger charge is -2.33. The lowest BCUT2D eigenvalue weighted by molar-refractivity contribution is -0.125. The molecule has 0 spiro atoms. The molecule has 150 valence electrons. The van der Waals surface area contributed by atoms with E-state index < -0.39 is 0 Å². The zero-order valence-corrected chi connectivity index (χ0v) is 16.1. The molecule has 1 fully saturated rings. The number of piperazine rings is 1. The van der Waals surface area contributed by atoms with Crippen LogP contribution in [0.3, 0.4) is 0 Å². The zero-order chi connectivity index (χ0) is 19.6. The quantitative estimate of drug-likeness (QED) is 0.596. The molecule has 0 unspecified atom stereocenters. The summed E-state index contributed by atoms with van der Waals surface area (Å²) in [6, 6.07) is 4.84. The van der Waals surface area contributed by atoms with E-state index in [0.29, 0.717) is 38.3 Å². The van der Waals surface area contributed by atoms with Crippen molar-refractivity contribution in [1.82, 2.24) is 20.4 Å². The van der Waals surface area contributed by atoms with Crippen molar-refractivity contribution in [3.05, 3.63) is 35.1 Å². The second-order valence-electron chi connectivity index (χ2n) is 6.76. The number of benzene rings is 1. The van der Waals surface area contributed by atoms with Gasteiger partial charge in [0.25, 0.3) is 0 Å². The maximum absolute atomic E-state index is 13.3. The summed E-state index contributed by atoms with van der Waals surface area (Å²) in [7, 11) is 1.60. The Morgan fingerprint density at radius 1 is 1.07 bits per heavy atom. The molecule has 2 amide bonds. The Balaban J connectivity index is 1.63. The van der Waals surface area contributed by atoms with Crippen molar-refractivity contribution in [2.75, 3.05) is 59.5 Å². The van der Waals surface area contributed by atoms with Crippen molar-refractivity contribution in [3.8, 4) is 0 Å². The van der Waals surface area contributed by atoms with Crippen molar-refractivity contribution >= 4 is 11.8 Å². The first-order chi connectivity index (χ1) is 13.0. The van der Waals surface area contributed by atoms with E-state index in [-0.39, 0.29) is 17.6 Å². The Morgan fingerprint density at radius 2 is 1.67 bits per heavy atom. The summed E-state index contributed by atoms with van der Waals surface area (Å²) < 4.78 is 18.2. The van der Waals surface area contributed by atoms with Crippen LogP contribution in [0.25, 0.3) is 0 Å². The standard InChI is InChI=1S/C19H29FN4O3/c1-15-11-16(3-4-17(15)20)12-22-19(26)14-24-8-6-23(7-9-24)13-18(25)21-5-10-27-2/h3-4,11H,5-10,12-14H2,1-2H3,(H,21,25)(H,22,26). The van der Waals surface area contributed by atoms with Gasteiger partial charge in [0.2, 0.25) is 11.8 Å². The molecule has 2 rings (SSSR count). The number of carbonyl (C=O) groups excluding carboxylic acids is 2. The van der Waals surface area contributed by atoms with Gasteiger partial charge < -0.3 is 15.4 Å². The number of amides is 2. The van der Waals surface area contributed by atoms with Crippen molar-refractivity contribution < 1.29 is 18.7 Å². The van der Waals surface area contributed by atoms with E-state index in [0.717, 1.165) is 31.7 Å². The van der Waals surface area contributed by atoms with Crippen LogP contribution in [-0.2, 0) is 20.9 Å². The molecule has 7 nitrogen and oxygen atoms in total. The molecule has 0 bridgehead atoms. The number of ether oxygens (including phenoxy) is 1. The fourth-order valence-corrected chi connectivity index (χ4v) is 2.93. The molecule has 27 heavy (non-hydrogen) atoms. The molecule has 1 heterocycles. The number of carbonyl (C=O) groups is 2. The summed E-state index contributed by atoms with van der Waals surface area (Å²) in [6.45, 7) is 6.81. The highest BCUT2D eigenvalue weighted by Gasteiger charge is 2.20. The predicted octanol–water partition coefficient (Wildman–Crippen LogP) is 0.131. The predicted molar refractivity (Wildman–Crippen MR) is 101 cm³/mol. The monoisotopic (exact) mass is 380 g/mol. The fraction of sp³-hybridized carbons (Fsp3) is 0.579. The van der Waals surface area contributed by atoms with Crippen molar-refractivity contribution in [2.45, 2.75) is 13.5 Å². The van der Waals surface area contributed by atoms with Crippen LogP contribution < -0.4 is 10.6 Å². The second-order valence-corrected chi connectivity index (χ2v) is 6.76. The normalized spacial score (nSPS) is 15.5. The molecule has 0 radical (unpaired) electrons. The van der Waals surface area contributed by atoms with Gasteiger partial charge in [-0.2, -0.15) is 0 Å². The number of rotatable bonds is 9. The molecule has 1 aromatic carbocycles. The average Bonchev–Trinajstić information content (AvgIpc) is 2.64. The fourth-order valence-electron chi connectivity index (χ4n) is 2.93. The van der Waals surface area contributed by atoms with Crippen LogP contribution in [0.2, 0.25) is 0 Å². The highest BCUT2D eigenvalue weighted by atomic mass is 19.1. The smallest absolute Gasteiger partial charge is 0.234 e. The number of aryl methyl sites for hydroxylation is 1. The van der Waals surface area contributed by atoms with Crippen molar-refractivity contribution in [2.24, 2.45) is 0 Å². The van der Waals surface area contributed by atoms with E-state index in [9.17, 15) is 14.0 Å². The highest BCUT2D eigenvalue weighted by Crippen LogP contribution is 2.09. The van der Waals surface area contributed by atoms with E-state index in [1.54, 1.807) is 26.2 Å². The summed E-state index contributed by atoms with van der Waals surface area (Å²) in [4.78, 5) is 28.1. The Bertz CT molecular complexity index is 633. The first kappa shape index (κ1) is 21.3. The van der Waals surface area contributed by atoms with E-state index in [2.05, 4.69) is 20.4 Å². The molecule has 0 saturated carbocycles. The number of nitrogens with zero attached hydrogens (tertiary/aromatic N) is 2. The van der Waals surface area contributed by atoms with Gasteiger partial charge in [-0.15, -0.1) is 0 Å². The highest BCUT2D eigenvalue weighted by molar-refractivity contribution is 5.78. The Hall–Kier alpha value is -2.03. The van der Waals surface area contributed by atoms with Crippen LogP contribution in [0.1, 0.15) is 11.1 Å². The lowest BCUT2D eigenvalue weighted by Crippen LogP contribution is -2.51. The van der Waals surface area contributed by atoms with Gasteiger partial charge in [-0.05, 0) is 24.1 Å². The maximum atomic E-state index is 13.3. The van der Waals surface area contributed by atoms with Gasteiger partial charge in [-0.3, -0.25) is 19.4 Å². The minimum Gasteiger partial charge on any atom is -0.383 e. The first-order valence-electron chi connectivity index (χ1n) is 9.20. The van der Waals surface area contributed by atoms with Gasteiger partial charge in [0, 0.05) is 46.4 Å². The number of nitrogens with one attached hydrogen (secondary N) is 2. The third-order valence-corrected chi connectivity index (χ3v) is 4.54. The first-order valence-corrected chi connectivity index (χ1v) is 9.20. The molecule has 2 N–H and O–H groups in total. The number of hydrogen-bond acceptors (Lipinski definition) is 5. The van der Waals surface area contributed by atoms with Crippen molar-refractivity contribution in [3.63, 3.8) is 0 Å². The van der Waals surface area contributed by atoms with E-state index in [4.69, 9.17) is 4.74 Å². The zero-order valence-electron chi connectivity index (χ0n) is 16.1. The minimum atomic E-state index is -0.240. The molecular formula is C19H29FN4O3. The van der Waals surface area contributed by atoms with Gasteiger partial charge in [-0.1, -0.05) is 12.1 Å². The Morgan fingerprint density at radius 3 is 2.22 bits per heavy atom. The van der Waals surface area contributed by atoms with E-state index in [1.807, 2.05) is 0 Å². The van der Waals surface area contributed by atoms with E-state index >= 15 is 0 Å². The van der Waals surface area contributed by atoms with Crippen LogP contribution in [0, 0.1) is 12.7 Å². The van der Waals surface area contributed by atoms with Crippen LogP contribution in [0.5, 0.6) is 0 Å². The molecule has 8 heteroatoms. The molecular weight excluding hydrogens is 351 g/mol. The van der Waals surface area contributed by atoms with Gasteiger partial charge in [0.05, 0.1) is 19.7 Å². The minimum absolute atomic E-state index is 0.00663. The maximum Gasteiger partial charge on any atom is 0.234 e. The van der Waals surface area contributed by atoms with Gasteiger partial charge in [0.1, 0.15) is 5.82 Å². The van der Waals surface area contributed by atoms with Crippen molar-refractivity contribution in [1.29, 1.82) is 0 Å². The average molecular weight is 380 g/mol. The SMILES string of the molecule is COCCNC(=O)CN1CCN(CC(=O)NCc2ccc(F)c(C)c2)CC1. The summed E-state index contributed by atoms with van der Waals surface area (Å²) in [6.07, 6.45) is 0. The van der Waals surface area contributed by atoms with Crippen LogP contribution in [0.4, 0.5) is 4.39 Å². The Kier molecular flexibility index (Phi) is 8.63. The topological polar surface area (TPSA) is 73.9 Å². The Labute approximate surface area is 159 Å². The molecule has 1 aliphatic heterocycles. The molecule has 0 aliphatic carbocycles. The second kappa shape index (κ2) is 11.0. The molecule has 1 aliphatic rings. The van der Waals surface area contributed by atoms with Crippen LogP contribution >= 0.6 is 0 Å². The number of halogens is 1. The van der Waals surface area contributed by atoms with Crippen LogP contribution in [-0.4, -0.2) is 81.1 Å². The number of hydrogen-bond donors (Lipinski definition) is 2. The van der Waals surface area contributed by atoms with Crippen LogP contribution in [0.15, 0.2) is 18.2 Å².